The van der Waals surface area contributed by atoms with Gasteiger partial charge in [0.25, 0.3) is 0 Å². The molecule has 1 heterocycles. The first-order valence-electron chi connectivity index (χ1n) is 5.48. The van der Waals surface area contributed by atoms with Crippen LogP contribution in [0.3, 0.4) is 0 Å². The lowest BCUT2D eigenvalue weighted by Crippen LogP contribution is -2.22. The van der Waals surface area contributed by atoms with E-state index in [1.165, 1.54) is 23.5 Å². The van der Waals surface area contributed by atoms with Crippen LogP contribution in [-0.2, 0) is 16.6 Å². The van der Waals surface area contributed by atoms with Crippen LogP contribution in [0.25, 0.3) is 0 Å². The fraction of sp³-hybridized carbons (Fsp3) is 0.167. The first kappa shape index (κ1) is 14.3. The van der Waals surface area contributed by atoms with E-state index in [9.17, 15) is 8.42 Å². The summed E-state index contributed by atoms with van der Waals surface area (Å²) >= 11 is 7.13. The van der Waals surface area contributed by atoms with E-state index >= 15 is 0 Å². The molecule has 2 aromatic rings. The summed E-state index contributed by atoms with van der Waals surface area (Å²) in [6.45, 7) is 2.04. The molecule has 0 aliphatic carbocycles. The van der Waals surface area contributed by atoms with E-state index in [2.05, 4.69) is 4.72 Å². The molecule has 0 saturated heterocycles. The summed E-state index contributed by atoms with van der Waals surface area (Å²) in [7, 11) is -3.55. The Kier molecular flexibility index (Phi) is 4.15. The summed E-state index contributed by atoms with van der Waals surface area (Å²) in [6, 6.07) is 8.21. The van der Waals surface area contributed by atoms with Gasteiger partial charge in [-0.2, -0.15) is 0 Å². The molecule has 0 unspecified atom stereocenters. The highest BCUT2D eigenvalue weighted by atomic mass is 35.5. The molecule has 4 nitrogen and oxygen atoms in total. The van der Waals surface area contributed by atoms with Crippen molar-refractivity contribution in [2.45, 2.75) is 18.4 Å². The summed E-state index contributed by atoms with van der Waals surface area (Å²) < 4.78 is 27.3. The fourth-order valence-electron chi connectivity index (χ4n) is 1.48. The molecule has 0 saturated carbocycles. The number of thiophene rings is 1. The molecule has 7 heteroatoms. The molecule has 0 fully saturated rings. The molecule has 102 valence electrons. The number of halogens is 1. The summed E-state index contributed by atoms with van der Waals surface area (Å²) in [5, 5.41) is 0. The van der Waals surface area contributed by atoms with Crippen molar-refractivity contribution in [3.8, 4) is 0 Å². The van der Waals surface area contributed by atoms with Crippen molar-refractivity contribution in [1.82, 2.24) is 4.72 Å². The maximum Gasteiger partial charge on any atom is 0.240 e. The van der Waals surface area contributed by atoms with Gasteiger partial charge in [0.2, 0.25) is 10.0 Å². The number of aryl methyl sites for hydroxylation is 1. The van der Waals surface area contributed by atoms with Crippen LogP contribution in [0.15, 0.2) is 35.2 Å². The van der Waals surface area contributed by atoms with Crippen molar-refractivity contribution < 1.29 is 8.42 Å². The van der Waals surface area contributed by atoms with E-state index in [-0.39, 0.29) is 11.4 Å². The van der Waals surface area contributed by atoms with E-state index in [1.54, 1.807) is 18.2 Å². The lowest BCUT2D eigenvalue weighted by atomic mass is 10.2. The van der Waals surface area contributed by atoms with E-state index in [0.717, 1.165) is 10.4 Å². The van der Waals surface area contributed by atoms with Gasteiger partial charge in [-0.1, -0.05) is 17.7 Å². The zero-order valence-electron chi connectivity index (χ0n) is 10.2. The monoisotopic (exact) mass is 316 g/mol. The zero-order valence-corrected chi connectivity index (χ0v) is 12.6. The zero-order chi connectivity index (χ0) is 14.0. The molecule has 19 heavy (non-hydrogen) atoms. The number of sulfonamides is 1. The standard InChI is InChI=1S/C12H13ClN2O2S2/c1-8-2-4-10(6-11(8)14)19(16,17)15-7-9-3-5-12(13)18-9/h2-6,15H,7,14H2,1H3. The number of nitrogen functional groups attached to an aromatic ring is 1. The molecule has 1 aromatic heterocycles. The van der Waals surface area contributed by atoms with E-state index in [4.69, 9.17) is 17.3 Å². The van der Waals surface area contributed by atoms with E-state index < -0.39 is 10.0 Å². The Labute approximate surface area is 121 Å². The summed E-state index contributed by atoms with van der Waals surface area (Å²) in [5.74, 6) is 0. The SMILES string of the molecule is Cc1ccc(S(=O)(=O)NCc2ccc(Cl)s2)cc1N. The Morgan fingerprint density at radius 1 is 1.32 bits per heavy atom. The second-order valence-corrected chi connectivity index (χ2v) is 7.62. The van der Waals surface area contributed by atoms with Crippen LogP contribution < -0.4 is 10.5 Å². The van der Waals surface area contributed by atoms with Crippen molar-refractivity contribution in [3.63, 3.8) is 0 Å². The van der Waals surface area contributed by atoms with Gasteiger partial charge in [-0.15, -0.1) is 11.3 Å². The van der Waals surface area contributed by atoms with Crippen LogP contribution in [0.1, 0.15) is 10.4 Å². The number of nitrogens with one attached hydrogen (secondary N) is 1. The minimum absolute atomic E-state index is 0.165. The summed E-state index contributed by atoms with van der Waals surface area (Å²) in [6.07, 6.45) is 0. The van der Waals surface area contributed by atoms with Gasteiger partial charge in [0.1, 0.15) is 0 Å². The van der Waals surface area contributed by atoms with Crippen molar-refractivity contribution in [1.29, 1.82) is 0 Å². The van der Waals surface area contributed by atoms with Gasteiger partial charge < -0.3 is 5.73 Å². The highest BCUT2D eigenvalue weighted by Crippen LogP contribution is 2.22. The normalized spacial score (nSPS) is 11.7. The van der Waals surface area contributed by atoms with E-state index in [1.807, 2.05) is 6.92 Å². The van der Waals surface area contributed by atoms with Gasteiger partial charge in [0.05, 0.1) is 9.23 Å². The molecule has 0 amide bonds. The topological polar surface area (TPSA) is 72.2 Å². The Hall–Kier alpha value is -1.08. The van der Waals surface area contributed by atoms with Crippen molar-refractivity contribution in [2.75, 3.05) is 5.73 Å². The second kappa shape index (κ2) is 5.50. The van der Waals surface area contributed by atoms with Crippen LogP contribution in [0.4, 0.5) is 5.69 Å². The van der Waals surface area contributed by atoms with Crippen LogP contribution in [0.5, 0.6) is 0 Å². The van der Waals surface area contributed by atoms with Gasteiger partial charge in [-0.3, -0.25) is 0 Å². The van der Waals surface area contributed by atoms with Gasteiger partial charge in [0.15, 0.2) is 0 Å². The quantitative estimate of drug-likeness (QED) is 0.852. The molecular weight excluding hydrogens is 304 g/mol. The van der Waals surface area contributed by atoms with Crippen molar-refractivity contribution >= 4 is 38.6 Å². The molecular formula is C12H13ClN2O2S2. The molecule has 0 bridgehead atoms. The molecule has 1 aromatic carbocycles. The minimum Gasteiger partial charge on any atom is -0.398 e. The van der Waals surface area contributed by atoms with Crippen molar-refractivity contribution in [3.05, 3.63) is 45.1 Å². The molecule has 0 aliphatic rings. The lowest BCUT2D eigenvalue weighted by Gasteiger charge is -2.07. The average molecular weight is 317 g/mol. The van der Waals surface area contributed by atoms with Gasteiger partial charge in [-0.05, 0) is 36.8 Å². The predicted octanol–water partition coefficient (Wildman–Crippen LogP) is 2.77. The molecule has 0 radical (unpaired) electrons. The third-order valence-corrected chi connectivity index (χ3v) is 5.26. The number of benzene rings is 1. The first-order valence-corrected chi connectivity index (χ1v) is 8.16. The predicted molar refractivity (Wildman–Crippen MR) is 78.9 cm³/mol. The smallest absolute Gasteiger partial charge is 0.240 e. The minimum atomic E-state index is -3.55. The maximum absolute atomic E-state index is 12.1. The van der Waals surface area contributed by atoms with Crippen LogP contribution in [-0.4, -0.2) is 8.42 Å². The number of anilines is 1. The lowest BCUT2D eigenvalue weighted by molar-refractivity contribution is 0.582. The van der Waals surface area contributed by atoms with Gasteiger partial charge >= 0.3 is 0 Å². The van der Waals surface area contributed by atoms with Crippen LogP contribution in [0.2, 0.25) is 4.34 Å². The molecule has 3 N–H and O–H groups in total. The average Bonchev–Trinajstić information content (AvgIpc) is 2.76. The third kappa shape index (κ3) is 3.48. The van der Waals surface area contributed by atoms with Crippen LogP contribution >= 0.6 is 22.9 Å². The number of nitrogens with two attached hydrogens (primary N) is 1. The molecule has 0 atom stereocenters. The number of hydrogen-bond acceptors (Lipinski definition) is 4. The number of hydrogen-bond donors (Lipinski definition) is 2. The largest absolute Gasteiger partial charge is 0.398 e. The Balaban J connectivity index is 2.16. The molecule has 2 rings (SSSR count). The fourth-order valence-corrected chi connectivity index (χ4v) is 3.64. The summed E-state index contributed by atoms with van der Waals surface area (Å²) in [5.41, 5.74) is 7.03. The Morgan fingerprint density at radius 3 is 2.63 bits per heavy atom. The van der Waals surface area contributed by atoms with E-state index in [0.29, 0.717) is 10.0 Å². The third-order valence-electron chi connectivity index (χ3n) is 2.63. The van der Waals surface area contributed by atoms with Gasteiger partial charge in [-0.25, -0.2) is 13.1 Å². The Morgan fingerprint density at radius 2 is 2.05 bits per heavy atom. The molecule has 0 aliphatic heterocycles. The maximum atomic E-state index is 12.1. The molecule has 0 spiro atoms. The second-order valence-electron chi connectivity index (χ2n) is 4.05. The van der Waals surface area contributed by atoms with Crippen molar-refractivity contribution in [2.24, 2.45) is 0 Å². The highest BCUT2D eigenvalue weighted by molar-refractivity contribution is 7.89. The van der Waals surface area contributed by atoms with Gasteiger partial charge in [0, 0.05) is 17.1 Å². The first-order chi connectivity index (χ1) is 8.88. The summed E-state index contributed by atoms with van der Waals surface area (Å²) in [4.78, 5) is 1.02. The Bertz CT molecular complexity index is 696. The number of rotatable bonds is 4. The van der Waals surface area contributed by atoms with Crippen LogP contribution in [0, 0.1) is 6.92 Å². The highest BCUT2D eigenvalue weighted by Gasteiger charge is 2.14.